The number of carbonyl (C=O) groups excluding carboxylic acids is 2. The lowest BCUT2D eigenvalue weighted by molar-refractivity contribution is -0.121. The summed E-state index contributed by atoms with van der Waals surface area (Å²) in [5.74, 6) is -0.720. The molecular formula is C17H18N2O4. The highest BCUT2D eigenvalue weighted by molar-refractivity contribution is 6.20. The third kappa shape index (κ3) is 2.60. The molecule has 1 aliphatic heterocycles. The average Bonchev–Trinajstić information content (AvgIpc) is 2.87. The first-order valence-corrected chi connectivity index (χ1v) is 7.73. The van der Waals surface area contributed by atoms with Crippen molar-refractivity contribution in [3.63, 3.8) is 0 Å². The Hall–Kier alpha value is -2.63. The predicted molar refractivity (Wildman–Crippen MR) is 87.8 cm³/mol. The number of carbonyl (C=O) groups is 2. The van der Waals surface area contributed by atoms with Gasteiger partial charge in [-0.25, -0.2) is 9.69 Å². The zero-order valence-electron chi connectivity index (χ0n) is 13.2. The molecule has 1 saturated heterocycles. The van der Waals surface area contributed by atoms with E-state index in [1.54, 1.807) is 12.1 Å². The number of hydrogen-bond acceptors (Lipinski definition) is 5. The summed E-state index contributed by atoms with van der Waals surface area (Å²) in [6.45, 7) is 5.80. The smallest absolute Gasteiger partial charge is 0.360 e. The van der Waals surface area contributed by atoms with Gasteiger partial charge in [0.05, 0.1) is 0 Å². The van der Waals surface area contributed by atoms with Gasteiger partial charge in [-0.05, 0) is 32.0 Å². The van der Waals surface area contributed by atoms with Crippen molar-refractivity contribution < 1.29 is 14.0 Å². The molecule has 0 N–H and O–H groups in total. The second-order valence-corrected chi connectivity index (χ2v) is 5.44. The van der Waals surface area contributed by atoms with Crippen LogP contribution in [0.5, 0.6) is 0 Å². The Labute approximate surface area is 133 Å². The molecule has 1 aromatic carbocycles. The van der Waals surface area contributed by atoms with Crippen LogP contribution in [0.25, 0.3) is 11.0 Å². The largest absolute Gasteiger partial charge is 0.421 e. The summed E-state index contributed by atoms with van der Waals surface area (Å²) in [6.07, 6.45) is 0.272. The van der Waals surface area contributed by atoms with Crippen LogP contribution in [0, 0.1) is 0 Å². The summed E-state index contributed by atoms with van der Waals surface area (Å²) >= 11 is 0. The Morgan fingerprint density at radius 2 is 1.70 bits per heavy atom. The molecular weight excluding hydrogens is 296 g/mol. The number of benzene rings is 1. The number of hydrogen-bond donors (Lipinski definition) is 0. The standard InChI is InChI=1S/C17H18N2O4/c1-3-18(4-2)12-6-5-11-9-13(17(22)23-14(11)10-12)19-15(20)7-8-16(19)21/h5-6,9-10H,3-4,7-8H2,1-2H3. The molecule has 0 radical (unpaired) electrons. The van der Waals surface area contributed by atoms with Crippen LogP contribution in [0.15, 0.2) is 33.5 Å². The number of fused-ring (bicyclic) bond motifs is 1. The summed E-state index contributed by atoms with van der Waals surface area (Å²) in [4.78, 5) is 38.9. The maximum Gasteiger partial charge on any atom is 0.360 e. The van der Waals surface area contributed by atoms with Gasteiger partial charge in [0, 0.05) is 43.1 Å². The minimum absolute atomic E-state index is 0.000546. The van der Waals surface area contributed by atoms with Gasteiger partial charge in [0.25, 0.3) is 0 Å². The fourth-order valence-corrected chi connectivity index (χ4v) is 2.88. The molecule has 1 aliphatic rings. The summed E-state index contributed by atoms with van der Waals surface area (Å²) in [5, 5.41) is 0.683. The molecule has 1 fully saturated rings. The van der Waals surface area contributed by atoms with E-state index in [9.17, 15) is 14.4 Å². The van der Waals surface area contributed by atoms with E-state index in [-0.39, 0.29) is 30.3 Å². The molecule has 23 heavy (non-hydrogen) atoms. The summed E-state index contributed by atoms with van der Waals surface area (Å²) in [7, 11) is 0. The highest BCUT2D eigenvalue weighted by Gasteiger charge is 2.32. The lowest BCUT2D eigenvalue weighted by atomic mass is 10.2. The molecule has 2 heterocycles. The van der Waals surface area contributed by atoms with Gasteiger partial charge in [-0.1, -0.05) is 0 Å². The first-order chi connectivity index (χ1) is 11.0. The van der Waals surface area contributed by atoms with Crippen LogP contribution < -0.4 is 15.4 Å². The van der Waals surface area contributed by atoms with E-state index in [4.69, 9.17) is 4.42 Å². The fourth-order valence-electron chi connectivity index (χ4n) is 2.88. The Bertz CT molecular complexity index is 820. The van der Waals surface area contributed by atoms with Crippen molar-refractivity contribution in [3.8, 4) is 0 Å². The van der Waals surface area contributed by atoms with Crippen LogP contribution in [-0.2, 0) is 9.59 Å². The van der Waals surface area contributed by atoms with Crippen LogP contribution >= 0.6 is 0 Å². The SMILES string of the molecule is CCN(CC)c1ccc2cc(N3C(=O)CCC3=O)c(=O)oc2c1. The lowest BCUT2D eigenvalue weighted by Crippen LogP contribution is -2.32. The van der Waals surface area contributed by atoms with Gasteiger partial charge in [-0.15, -0.1) is 0 Å². The monoisotopic (exact) mass is 314 g/mol. The molecule has 0 aliphatic carbocycles. The number of amides is 2. The summed E-state index contributed by atoms with van der Waals surface area (Å²) in [6, 6.07) is 7.13. The third-order valence-electron chi connectivity index (χ3n) is 4.12. The van der Waals surface area contributed by atoms with Gasteiger partial charge >= 0.3 is 5.63 Å². The molecule has 0 bridgehead atoms. The molecule has 2 aromatic rings. The van der Waals surface area contributed by atoms with Crippen LogP contribution in [0.1, 0.15) is 26.7 Å². The van der Waals surface area contributed by atoms with Crippen LogP contribution in [0.3, 0.4) is 0 Å². The molecule has 3 rings (SSSR count). The zero-order valence-corrected chi connectivity index (χ0v) is 13.2. The molecule has 6 heteroatoms. The minimum Gasteiger partial charge on any atom is -0.421 e. The van der Waals surface area contributed by atoms with Gasteiger partial charge in [0.1, 0.15) is 11.3 Å². The van der Waals surface area contributed by atoms with Gasteiger partial charge in [-0.2, -0.15) is 0 Å². The van der Waals surface area contributed by atoms with Gasteiger partial charge in [0.15, 0.2) is 0 Å². The second kappa shape index (κ2) is 5.87. The molecule has 120 valence electrons. The van der Waals surface area contributed by atoms with E-state index < -0.39 is 5.63 Å². The van der Waals surface area contributed by atoms with E-state index in [1.807, 2.05) is 12.1 Å². The minimum atomic E-state index is -0.669. The normalized spacial score (nSPS) is 14.8. The van der Waals surface area contributed by atoms with Crippen molar-refractivity contribution in [2.24, 2.45) is 0 Å². The van der Waals surface area contributed by atoms with Crippen molar-refractivity contribution >= 4 is 34.2 Å². The number of imide groups is 1. The van der Waals surface area contributed by atoms with Crippen molar-refractivity contribution in [3.05, 3.63) is 34.7 Å². The second-order valence-electron chi connectivity index (χ2n) is 5.44. The molecule has 2 amide bonds. The molecule has 0 unspecified atom stereocenters. The Morgan fingerprint density at radius 3 is 2.30 bits per heavy atom. The zero-order chi connectivity index (χ0) is 16.6. The number of anilines is 2. The fraction of sp³-hybridized carbons (Fsp3) is 0.353. The van der Waals surface area contributed by atoms with Gasteiger partial charge in [0.2, 0.25) is 11.8 Å². The van der Waals surface area contributed by atoms with Crippen LogP contribution in [-0.4, -0.2) is 24.9 Å². The molecule has 1 aromatic heterocycles. The van der Waals surface area contributed by atoms with Crippen molar-refractivity contribution in [2.75, 3.05) is 22.9 Å². The molecule has 0 spiro atoms. The summed E-state index contributed by atoms with van der Waals surface area (Å²) < 4.78 is 5.35. The number of rotatable bonds is 4. The molecule has 6 nitrogen and oxygen atoms in total. The molecule has 0 atom stereocenters. The quantitative estimate of drug-likeness (QED) is 0.639. The topological polar surface area (TPSA) is 70.8 Å². The maximum atomic E-state index is 12.2. The van der Waals surface area contributed by atoms with Crippen molar-refractivity contribution in [2.45, 2.75) is 26.7 Å². The van der Waals surface area contributed by atoms with E-state index in [0.29, 0.717) is 11.0 Å². The van der Waals surface area contributed by atoms with Crippen LogP contribution in [0.4, 0.5) is 11.4 Å². The first kappa shape index (κ1) is 15.3. The average molecular weight is 314 g/mol. The Balaban J connectivity index is 2.09. The predicted octanol–water partition coefficient (Wildman–Crippen LogP) is 2.29. The van der Waals surface area contributed by atoms with E-state index in [2.05, 4.69) is 18.7 Å². The van der Waals surface area contributed by atoms with Gasteiger partial charge < -0.3 is 9.32 Å². The highest BCUT2D eigenvalue weighted by atomic mass is 16.4. The van der Waals surface area contributed by atoms with Crippen molar-refractivity contribution in [1.82, 2.24) is 0 Å². The maximum absolute atomic E-state index is 12.2. The van der Waals surface area contributed by atoms with E-state index >= 15 is 0 Å². The van der Waals surface area contributed by atoms with Gasteiger partial charge in [-0.3, -0.25) is 9.59 Å². The Kier molecular flexibility index (Phi) is 3.90. The molecule has 0 saturated carbocycles. The lowest BCUT2D eigenvalue weighted by Gasteiger charge is -2.21. The van der Waals surface area contributed by atoms with Crippen molar-refractivity contribution in [1.29, 1.82) is 0 Å². The Morgan fingerprint density at radius 1 is 1.04 bits per heavy atom. The van der Waals surface area contributed by atoms with E-state index in [0.717, 1.165) is 23.7 Å². The number of nitrogens with zero attached hydrogens (tertiary/aromatic N) is 2. The van der Waals surface area contributed by atoms with Crippen LogP contribution in [0.2, 0.25) is 0 Å². The van der Waals surface area contributed by atoms with E-state index in [1.165, 1.54) is 0 Å². The summed E-state index contributed by atoms with van der Waals surface area (Å²) in [5.41, 5.74) is 0.743. The first-order valence-electron chi connectivity index (χ1n) is 7.73. The third-order valence-corrected chi connectivity index (χ3v) is 4.12. The highest BCUT2D eigenvalue weighted by Crippen LogP contribution is 2.26.